The molecule has 0 aliphatic carbocycles. The van der Waals surface area contributed by atoms with Gasteiger partial charge in [0.2, 0.25) is 0 Å². The Bertz CT molecular complexity index is 603. The van der Waals surface area contributed by atoms with Crippen LogP contribution in [0.2, 0.25) is 0 Å². The zero-order valence-electron chi connectivity index (χ0n) is 10.4. The molecule has 0 unspecified atom stereocenters. The van der Waals surface area contributed by atoms with E-state index in [-0.39, 0.29) is 6.61 Å². The Morgan fingerprint density at radius 2 is 1.65 bits per heavy atom. The quantitative estimate of drug-likeness (QED) is 0.848. The molecule has 1 N–H and O–H groups in total. The van der Waals surface area contributed by atoms with Crippen LogP contribution in [0.15, 0.2) is 53.5 Å². The van der Waals surface area contributed by atoms with Crippen LogP contribution in [-0.2, 0) is 12.8 Å². The monoisotopic (exact) mass is 279 g/mol. The van der Waals surface area contributed by atoms with Gasteiger partial charge in [0.25, 0.3) is 0 Å². The number of alkyl halides is 3. The van der Waals surface area contributed by atoms with E-state index in [9.17, 15) is 13.2 Å². The summed E-state index contributed by atoms with van der Waals surface area (Å²) in [6, 6.07) is 11.8. The standard InChI is InChI=1S/C15H12F3NO/c16-15(17,18)13-7-5-11(6-8-13)9-19-14-4-2-1-3-12(14)10-20/h1-9,20H,10H2. The van der Waals surface area contributed by atoms with Gasteiger partial charge in [-0.2, -0.15) is 13.2 Å². The van der Waals surface area contributed by atoms with Gasteiger partial charge in [0.15, 0.2) is 0 Å². The summed E-state index contributed by atoms with van der Waals surface area (Å²) in [7, 11) is 0. The van der Waals surface area contributed by atoms with Gasteiger partial charge in [0.1, 0.15) is 0 Å². The Labute approximate surface area is 114 Å². The second kappa shape index (κ2) is 5.88. The minimum absolute atomic E-state index is 0.138. The second-order valence-corrected chi connectivity index (χ2v) is 4.16. The average molecular weight is 279 g/mol. The molecule has 0 atom stereocenters. The number of benzene rings is 2. The summed E-state index contributed by atoms with van der Waals surface area (Å²) in [6.45, 7) is -0.138. The molecular formula is C15H12F3NO. The van der Waals surface area contributed by atoms with Gasteiger partial charge in [-0.05, 0) is 23.8 Å². The van der Waals surface area contributed by atoms with E-state index in [0.29, 0.717) is 16.8 Å². The number of aliphatic hydroxyl groups excluding tert-OH is 1. The lowest BCUT2D eigenvalue weighted by Crippen LogP contribution is -2.04. The lowest BCUT2D eigenvalue weighted by atomic mass is 10.1. The molecule has 5 heteroatoms. The number of hydrogen-bond donors (Lipinski definition) is 1. The molecule has 0 saturated carbocycles. The first-order valence-electron chi connectivity index (χ1n) is 5.91. The third-order valence-corrected chi connectivity index (χ3v) is 2.75. The predicted molar refractivity (Wildman–Crippen MR) is 71.1 cm³/mol. The number of halogens is 3. The third-order valence-electron chi connectivity index (χ3n) is 2.75. The molecule has 20 heavy (non-hydrogen) atoms. The number of rotatable bonds is 3. The largest absolute Gasteiger partial charge is 0.416 e. The van der Waals surface area contributed by atoms with E-state index in [0.717, 1.165) is 12.1 Å². The molecule has 0 aliphatic rings. The minimum atomic E-state index is -4.33. The first kappa shape index (κ1) is 14.3. The van der Waals surface area contributed by atoms with Crippen LogP contribution in [0.4, 0.5) is 18.9 Å². The molecule has 0 aliphatic heterocycles. The third kappa shape index (κ3) is 3.45. The molecule has 2 aromatic carbocycles. The van der Waals surface area contributed by atoms with Crippen LogP contribution >= 0.6 is 0 Å². The van der Waals surface area contributed by atoms with E-state index >= 15 is 0 Å². The molecule has 0 heterocycles. The van der Waals surface area contributed by atoms with Crippen molar-refractivity contribution in [3.63, 3.8) is 0 Å². The van der Waals surface area contributed by atoms with Gasteiger partial charge >= 0.3 is 6.18 Å². The molecule has 2 nitrogen and oxygen atoms in total. The fourth-order valence-electron chi connectivity index (χ4n) is 1.67. The zero-order valence-corrected chi connectivity index (χ0v) is 10.4. The van der Waals surface area contributed by atoms with Crippen molar-refractivity contribution in [1.29, 1.82) is 0 Å². The molecule has 0 saturated heterocycles. The Balaban J connectivity index is 2.20. The lowest BCUT2D eigenvalue weighted by molar-refractivity contribution is -0.137. The highest BCUT2D eigenvalue weighted by atomic mass is 19.4. The maximum Gasteiger partial charge on any atom is 0.416 e. The normalized spacial score (nSPS) is 12.0. The first-order chi connectivity index (χ1) is 9.50. The zero-order chi connectivity index (χ0) is 14.6. The van der Waals surface area contributed by atoms with Gasteiger partial charge in [-0.25, -0.2) is 0 Å². The van der Waals surface area contributed by atoms with E-state index in [1.165, 1.54) is 18.3 Å². The van der Waals surface area contributed by atoms with Crippen molar-refractivity contribution in [2.45, 2.75) is 12.8 Å². The first-order valence-corrected chi connectivity index (χ1v) is 5.91. The van der Waals surface area contributed by atoms with Crippen LogP contribution in [0.5, 0.6) is 0 Å². The summed E-state index contributed by atoms with van der Waals surface area (Å²) in [5.74, 6) is 0. The van der Waals surface area contributed by atoms with E-state index in [4.69, 9.17) is 5.11 Å². The number of hydrogen-bond acceptors (Lipinski definition) is 2. The highest BCUT2D eigenvalue weighted by molar-refractivity contribution is 5.82. The summed E-state index contributed by atoms with van der Waals surface area (Å²) >= 11 is 0. The smallest absolute Gasteiger partial charge is 0.392 e. The molecule has 0 bridgehead atoms. The molecule has 0 amide bonds. The molecule has 2 rings (SSSR count). The summed E-state index contributed by atoms with van der Waals surface area (Å²) in [6.07, 6.45) is -2.87. The van der Waals surface area contributed by atoms with Crippen LogP contribution in [0.3, 0.4) is 0 Å². The Morgan fingerprint density at radius 3 is 2.25 bits per heavy atom. The number of aliphatic hydroxyl groups is 1. The van der Waals surface area contributed by atoms with Gasteiger partial charge in [-0.15, -0.1) is 0 Å². The van der Waals surface area contributed by atoms with Crippen molar-refractivity contribution in [3.8, 4) is 0 Å². The fraction of sp³-hybridized carbons (Fsp3) is 0.133. The fourth-order valence-corrected chi connectivity index (χ4v) is 1.67. The van der Waals surface area contributed by atoms with Crippen molar-refractivity contribution in [2.24, 2.45) is 4.99 Å². The van der Waals surface area contributed by atoms with Crippen molar-refractivity contribution >= 4 is 11.9 Å². The molecule has 2 aromatic rings. The van der Waals surface area contributed by atoms with Gasteiger partial charge in [0.05, 0.1) is 17.9 Å². The summed E-state index contributed by atoms with van der Waals surface area (Å²) in [5.41, 5.74) is 1.13. The highest BCUT2D eigenvalue weighted by Crippen LogP contribution is 2.29. The van der Waals surface area contributed by atoms with E-state index in [1.54, 1.807) is 24.3 Å². The van der Waals surface area contributed by atoms with Crippen LogP contribution in [0, 0.1) is 0 Å². The highest BCUT2D eigenvalue weighted by Gasteiger charge is 2.29. The van der Waals surface area contributed by atoms with E-state index in [1.807, 2.05) is 0 Å². The van der Waals surface area contributed by atoms with E-state index in [2.05, 4.69) is 4.99 Å². The summed E-state index contributed by atoms with van der Waals surface area (Å²) in [4.78, 5) is 4.17. The molecule has 0 aromatic heterocycles. The number of nitrogens with zero attached hydrogens (tertiary/aromatic N) is 1. The Kier molecular flexibility index (Phi) is 4.20. The van der Waals surface area contributed by atoms with Gasteiger partial charge in [-0.3, -0.25) is 4.99 Å². The van der Waals surface area contributed by atoms with Crippen LogP contribution < -0.4 is 0 Å². The Hall–Kier alpha value is -2.14. The Morgan fingerprint density at radius 1 is 1.00 bits per heavy atom. The molecular weight excluding hydrogens is 267 g/mol. The number of para-hydroxylation sites is 1. The van der Waals surface area contributed by atoms with Crippen LogP contribution in [0.1, 0.15) is 16.7 Å². The minimum Gasteiger partial charge on any atom is -0.392 e. The van der Waals surface area contributed by atoms with Crippen molar-refractivity contribution in [1.82, 2.24) is 0 Å². The summed E-state index contributed by atoms with van der Waals surface area (Å²) < 4.78 is 37.2. The maximum absolute atomic E-state index is 12.4. The number of aliphatic imine (C=N–C) groups is 1. The predicted octanol–water partition coefficient (Wildman–Crippen LogP) is 3.95. The van der Waals surface area contributed by atoms with Crippen LogP contribution in [0.25, 0.3) is 0 Å². The SMILES string of the molecule is OCc1ccccc1N=Cc1ccc(C(F)(F)F)cc1. The lowest BCUT2D eigenvalue weighted by Gasteiger charge is -2.06. The molecule has 0 radical (unpaired) electrons. The van der Waals surface area contributed by atoms with E-state index < -0.39 is 11.7 Å². The molecule has 0 fully saturated rings. The van der Waals surface area contributed by atoms with Gasteiger partial charge in [-0.1, -0.05) is 30.3 Å². The average Bonchev–Trinajstić information content (AvgIpc) is 2.45. The van der Waals surface area contributed by atoms with Gasteiger partial charge < -0.3 is 5.11 Å². The van der Waals surface area contributed by atoms with Crippen LogP contribution in [-0.4, -0.2) is 11.3 Å². The van der Waals surface area contributed by atoms with Crippen molar-refractivity contribution in [3.05, 3.63) is 65.2 Å². The van der Waals surface area contributed by atoms with Crippen molar-refractivity contribution in [2.75, 3.05) is 0 Å². The second-order valence-electron chi connectivity index (χ2n) is 4.16. The van der Waals surface area contributed by atoms with Gasteiger partial charge in [0, 0.05) is 11.8 Å². The maximum atomic E-state index is 12.4. The molecule has 104 valence electrons. The molecule has 0 spiro atoms. The van der Waals surface area contributed by atoms with Crippen molar-refractivity contribution < 1.29 is 18.3 Å². The summed E-state index contributed by atoms with van der Waals surface area (Å²) in [5, 5.41) is 9.14. The topological polar surface area (TPSA) is 32.6 Å².